The quantitative estimate of drug-likeness (QED) is 0.935. The summed E-state index contributed by atoms with van der Waals surface area (Å²) in [4.78, 5) is 16.2. The van der Waals surface area contributed by atoms with Crippen molar-refractivity contribution < 1.29 is 13.2 Å². The molecule has 0 atom stereocenters. The van der Waals surface area contributed by atoms with Crippen molar-refractivity contribution in [3.05, 3.63) is 54.4 Å². The lowest BCUT2D eigenvalue weighted by Crippen LogP contribution is -2.37. The molecule has 7 heteroatoms. The number of sulfonamides is 1. The SMILES string of the molecule is O=C(Nc1cccnc1)c1cccc(N2CCCCS2(=O)=O)c1. The zero-order chi connectivity index (χ0) is 16.3. The van der Waals surface area contributed by atoms with Gasteiger partial charge in [-0.1, -0.05) is 6.07 Å². The second-order valence-electron chi connectivity index (χ2n) is 5.34. The van der Waals surface area contributed by atoms with Crippen LogP contribution in [0.25, 0.3) is 0 Å². The van der Waals surface area contributed by atoms with Gasteiger partial charge < -0.3 is 5.32 Å². The molecule has 1 fully saturated rings. The minimum absolute atomic E-state index is 0.152. The summed E-state index contributed by atoms with van der Waals surface area (Å²) in [5.41, 5.74) is 1.53. The molecule has 0 unspecified atom stereocenters. The maximum Gasteiger partial charge on any atom is 0.255 e. The van der Waals surface area contributed by atoms with Crippen LogP contribution >= 0.6 is 0 Å². The molecule has 1 aromatic carbocycles. The van der Waals surface area contributed by atoms with Crippen molar-refractivity contribution in [1.82, 2.24) is 4.98 Å². The van der Waals surface area contributed by atoms with Gasteiger partial charge in [-0.2, -0.15) is 0 Å². The molecule has 0 radical (unpaired) electrons. The third-order valence-electron chi connectivity index (χ3n) is 3.67. The highest BCUT2D eigenvalue weighted by molar-refractivity contribution is 7.92. The number of carbonyl (C=O) groups is 1. The number of nitrogens with one attached hydrogen (secondary N) is 1. The van der Waals surface area contributed by atoms with Crippen molar-refractivity contribution in [2.24, 2.45) is 0 Å². The molecule has 6 nitrogen and oxygen atoms in total. The van der Waals surface area contributed by atoms with Gasteiger partial charge in [-0.15, -0.1) is 0 Å². The Morgan fingerprint density at radius 3 is 2.78 bits per heavy atom. The summed E-state index contributed by atoms with van der Waals surface area (Å²) >= 11 is 0. The molecule has 1 N–H and O–H groups in total. The molecule has 1 aliphatic rings. The number of rotatable bonds is 3. The van der Waals surface area contributed by atoms with Gasteiger partial charge in [0.05, 0.1) is 23.3 Å². The zero-order valence-corrected chi connectivity index (χ0v) is 13.3. The van der Waals surface area contributed by atoms with E-state index >= 15 is 0 Å². The maximum absolute atomic E-state index is 12.3. The summed E-state index contributed by atoms with van der Waals surface area (Å²) in [7, 11) is -3.29. The van der Waals surface area contributed by atoms with Gasteiger partial charge in [0.2, 0.25) is 10.0 Å². The Hall–Kier alpha value is -2.41. The van der Waals surface area contributed by atoms with Gasteiger partial charge in [-0.05, 0) is 43.2 Å². The van der Waals surface area contributed by atoms with Crippen LogP contribution < -0.4 is 9.62 Å². The number of pyridine rings is 1. The average molecular weight is 331 g/mol. The Labute approximate surface area is 135 Å². The van der Waals surface area contributed by atoms with E-state index in [1.165, 1.54) is 4.31 Å². The Bertz CT molecular complexity index is 806. The van der Waals surface area contributed by atoms with E-state index in [-0.39, 0.29) is 11.7 Å². The predicted octanol–water partition coefficient (Wildman–Crippen LogP) is 2.26. The molecule has 0 bridgehead atoms. The topological polar surface area (TPSA) is 79.4 Å². The number of hydrogen-bond donors (Lipinski definition) is 1. The average Bonchev–Trinajstić information content (AvgIpc) is 2.55. The van der Waals surface area contributed by atoms with Crippen LogP contribution in [0.15, 0.2) is 48.8 Å². The minimum atomic E-state index is -3.29. The summed E-state index contributed by atoms with van der Waals surface area (Å²) in [5, 5.41) is 2.74. The van der Waals surface area contributed by atoms with Crippen LogP contribution in [0.2, 0.25) is 0 Å². The van der Waals surface area contributed by atoms with E-state index in [0.29, 0.717) is 29.9 Å². The van der Waals surface area contributed by atoms with Crippen molar-refractivity contribution in [3.8, 4) is 0 Å². The molecule has 1 saturated heterocycles. The maximum atomic E-state index is 12.3. The zero-order valence-electron chi connectivity index (χ0n) is 12.5. The number of carbonyl (C=O) groups excluding carboxylic acids is 1. The molecule has 2 aromatic rings. The van der Waals surface area contributed by atoms with Crippen LogP contribution in [0.1, 0.15) is 23.2 Å². The molecule has 120 valence electrons. The number of hydrogen-bond acceptors (Lipinski definition) is 4. The van der Waals surface area contributed by atoms with Gasteiger partial charge in [0.15, 0.2) is 0 Å². The van der Waals surface area contributed by atoms with Gasteiger partial charge >= 0.3 is 0 Å². The Balaban J connectivity index is 1.83. The van der Waals surface area contributed by atoms with Crippen LogP contribution in [-0.4, -0.2) is 31.6 Å². The first-order valence-corrected chi connectivity index (χ1v) is 8.99. The molecular formula is C16H17N3O3S. The standard InChI is InChI=1S/C16H17N3O3S/c20-16(18-14-6-4-8-17-12-14)13-5-3-7-15(11-13)19-9-1-2-10-23(19,21)22/h3-8,11-12H,1-2,9-10H2,(H,18,20). The van der Waals surface area contributed by atoms with Gasteiger partial charge in [0.1, 0.15) is 0 Å². The summed E-state index contributed by atoms with van der Waals surface area (Å²) in [6.45, 7) is 0.454. The summed E-state index contributed by atoms with van der Waals surface area (Å²) in [5.74, 6) is -0.145. The van der Waals surface area contributed by atoms with E-state index in [2.05, 4.69) is 10.3 Å². The van der Waals surface area contributed by atoms with Gasteiger partial charge in [-0.25, -0.2) is 8.42 Å². The molecule has 23 heavy (non-hydrogen) atoms. The second-order valence-corrected chi connectivity index (χ2v) is 7.35. The molecule has 3 rings (SSSR count). The highest BCUT2D eigenvalue weighted by Crippen LogP contribution is 2.24. The van der Waals surface area contributed by atoms with Crippen molar-refractivity contribution >= 4 is 27.3 Å². The lowest BCUT2D eigenvalue weighted by molar-refractivity contribution is 0.102. The highest BCUT2D eigenvalue weighted by atomic mass is 32.2. The molecule has 1 aromatic heterocycles. The van der Waals surface area contributed by atoms with E-state index in [1.807, 2.05) is 0 Å². The number of amides is 1. The highest BCUT2D eigenvalue weighted by Gasteiger charge is 2.26. The molecule has 2 heterocycles. The smallest absolute Gasteiger partial charge is 0.255 e. The first kappa shape index (κ1) is 15.5. The van der Waals surface area contributed by atoms with Crippen molar-refractivity contribution in [3.63, 3.8) is 0 Å². The largest absolute Gasteiger partial charge is 0.321 e. The molecule has 0 aliphatic carbocycles. The molecule has 0 spiro atoms. The summed E-state index contributed by atoms with van der Waals surface area (Å²) in [6, 6.07) is 10.1. The lowest BCUT2D eigenvalue weighted by atomic mass is 10.2. The Kier molecular flexibility index (Phi) is 4.29. The van der Waals surface area contributed by atoms with E-state index in [1.54, 1.807) is 48.8 Å². The van der Waals surface area contributed by atoms with Crippen molar-refractivity contribution in [2.75, 3.05) is 21.9 Å². The van der Waals surface area contributed by atoms with E-state index in [9.17, 15) is 13.2 Å². The van der Waals surface area contributed by atoms with Gasteiger partial charge in [-0.3, -0.25) is 14.1 Å². The van der Waals surface area contributed by atoms with Crippen molar-refractivity contribution in [1.29, 1.82) is 0 Å². The Morgan fingerprint density at radius 2 is 2.04 bits per heavy atom. The van der Waals surface area contributed by atoms with Crippen LogP contribution in [0, 0.1) is 0 Å². The molecule has 0 saturated carbocycles. The second kappa shape index (κ2) is 6.37. The van der Waals surface area contributed by atoms with Crippen LogP contribution in [-0.2, 0) is 10.0 Å². The third kappa shape index (κ3) is 3.50. The molecule has 1 aliphatic heterocycles. The van der Waals surface area contributed by atoms with Gasteiger partial charge in [0.25, 0.3) is 5.91 Å². The van der Waals surface area contributed by atoms with Gasteiger partial charge in [0, 0.05) is 18.3 Å². The normalized spacial score (nSPS) is 16.8. The van der Waals surface area contributed by atoms with Crippen molar-refractivity contribution in [2.45, 2.75) is 12.8 Å². The van der Waals surface area contributed by atoms with E-state index < -0.39 is 10.0 Å². The predicted molar refractivity (Wildman–Crippen MR) is 89.0 cm³/mol. The van der Waals surface area contributed by atoms with Crippen LogP contribution in [0.3, 0.4) is 0 Å². The number of aromatic nitrogens is 1. The number of benzene rings is 1. The summed E-state index contributed by atoms with van der Waals surface area (Å²) < 4.78 is 25.7. The Morgan fingerprint density at radius 1 is 1.17 bits per heavy atom. The minimum Gasteiger partial charge on any atom is -0.321 e. The lowest BCUT2D eigenvalue weighted by Gasteiger charge is -2.28. The monoisotopic (exact) mass is 331 g/mol. The van der Waals surface area contributed by atoms with Crippen LogP contribution in [0.5, 0.6) is 0 Å². The first-order chi connectivity index (χ1) is 11.1. The first-order valence-electron chi connectivity index (χ1n) is 7.38. The number of anilines is 2. The van der Waals surface area contributed by atoms with Crippen LogP contribution in [0.4, 0.5) is 11.4 Å². The fourth-order valence-electron chi connectivity index (χ4n) is 2.52. The fourth-order valence-corrected chi connectivity index (χ4v) is 4.15. The summed E-state index contributed by atoms with van der Waals surface area (Å²) in [6.07, 6.45) is 4.68. The third-order valence-corrected chi connectivity index (χ3v) is 5.53. The molecular weight excluding hydrogens is 314 g/mol. The van der Waals surface area contributed by atoms with E-state index in [0.717, 1.165) is 6.42 Å². The number of nitrogens with zero attached hydrogens (tertiary/aromatic N) is 2. The fraction of sp³-hybridized carbons (Fsp3) is 0.250. The van der Waals surface area contributed by atoms with E-state index in [4.69, 9.17) is 0 Å². The molecule has 1 amide bonds.